The van der Waals surface area contributed by atoms with Crippen LogP contribution >= 0.6 is 0 Å². The average molecular weight is 324 g/mol. The molecular formula is C15H24N4O4. The van der Waals surface area contributed by atoms with E-state index in [4.69, 9.17) is 4.74 Å². The Morgan fingerprint density at radius 1 is 1.39 bits per heavy atom. The van der Waals surface area contributed by atoms with Crippen molar-refractivity contribution in [1.29, 1.82) is 0 Å². The lowest BCUT2D eigenvalue weighted by atomic mass is 10.2. The van der Waals surface area contributed by atoms with Gasteiger partial charge < -0.3 is 9.64 Å². The number of rotatable bonds is 5. The van der Waals surface area contributed by atoms with Crippen LogP contribution in [0.1, 0.15) is 6.42 Å². The zero-order chi connectivity index (χ0) is 17.1. The van der Waals surface area contributed by atoms with Crippen molar-refractivity contribution in [3.63, 3.8) is 0 Å². The first-order chi connectivity index (χ1) is 10.8. The van der Waals surface area contributed by atoms with Gasteiger partial charge in [-0.2, -0.15) is 0 Å². The molecule has 0 unspecified atom stereocenters. The minimum atomic E-state index is -0.489. The highest BCUT2D eigenvalue weighted by Crippen LogP contribution is 2.18. The van der Waals surface area contributed by atoms with E-state index in [1.54, 1.807) is 19.1 Å². The molecule has 0 N–H and O–H groups in total. The lowest BCUT2D eigenvalue weighted by molar-refractivity contribution is -0.131. The van der Waals surface area contributed by atoms with Crippen LogP contribution in [-0.4, -0.2) is 71.3 Å². The van der Waals surface area contributed by atoms with Gasteiger partial charge in [0.05, 0.1) is 6.10 Å². The highest BCUT2D eigenvalue weighted by atomic mass is 16.5. The third-order valence-corrected chi connectivity index (χ3v) is 4.46. The van der Waals surface area contributed by atoms with Gasteiger partial charge in [0.1, 0.15) is 6.54 Å². The lowest BCUT2D eigenvalue weighted by Crippen LogP contribution is -2.43. The molecule has 8 heteroatoms. The van der Waals surface area contributed by atoms with E-state index in [-0.39, 0.29) is 30.2 Å². The molecule has 1 amide bonds. The molecule has 1 aromatic rings. The van der Waals surface area contributed by atoms with Gasteiger partial charge in [0.25, 0.3) is 5.56 Å². The molecule has 0 spiro atoms. The van der Waals surface area contributed by atoms with Crippen LogP contribution in [0.4, 0.5) is 0 Å². The molecule has 1 saturated heterocycles. The molecule has 0 radical (unpaired) electrons. The van der Waals surface area contributed by atoms with Crippen molar-refractivity contribution in [1.82, 2.24) is 18.9 Å². The molecule has 1 aliphatic rings. The van der Waals surface area contributed by atoms with Crippen molar-refractivity contribution in [2.45, 2.75) is 25.1 Å². The standard InChI is InChI=1S/C15H24N4O4/c1-16-9-12(23-4)7-11(16)8-17(2)14(21)10-19-6-5-13(20)18(3)15(19)22/h5-6,11-12H,7-10H2,1-4H3/t11-,12-/m0/s1. The zero-order valence-electron chi connectivity index (χ0n) is 14.1. The third-order valence-electron chi connectivity index (χ3n) is 4.46. The molecule has 128 valence electrons. The SMILES string of the molecule is CO[C@H]1C[C@@H](CN(C)C(=O)Cn2ccc(=O)n(C)c2=O)N(C)C1. The van der Waals surface area contributed by atoms with Gasteiger partial charge >= 0.3 is 5.69 Å². The van der Waals surface area contributed by atoms with Crippen LogP contribution in [-0.2, 0) is 23.1 Å². The van der Waals surface area contributed by atoms with Crippen LogP contribution in [0.2, 0.25) is 0 Å². The summed E-state index contributed by atoms with van der Waals surface area (Å²) in [6.07, 6.45) is 2.43. The Bertz CT molecular complexity index is 681. The van der Waals surface area contributed by atoms with Crippen molar-refractivity contribution in [2.75, 3.05) is 34.3 Å². The number of ether oxygens (including phenoxy) is 1. The number of methoxy groups -OCH3 is 1. The number of amides is 1. The predicted octanol–water partition coefficient (Wildman–Crippen LogP) is -1.28. The van der Waals surface area contributed by atoms with E-state index in [9.17, 15) is 14.4 Å². The highest BCUT2D eigenvalue weighted by Gasteiger charge is 2.30. The molecule has 0 aromatic carbocycles. The Morgan fingerprint density at radius 2 is 2.09 bits per heavy atom. The summed E-state index contributed by atoms with van der Waals surface area (Å²) in [5, 5.41) is 0. The largest absolute Gasteiger partial charge is 0.380 e. The van der Waals surface area contributed by atoms with Crippen LogP contribution in [0.15, 0.2) is 21.9 Å². The quantitative estimate of drug-likeness (QED) is 0.675. The van der Waals surface area contributed by atoms with Gasteiger partial charge in [0.2, 0.25) is 5.91 Å². The molecule has 8 nitrogen and oxygen atoms in total. The number of likely N-dealkylation sites (N-methyl/N-ethyl adjacent to an activating group) is 2. The number of carbonyl (C=O) groups excluding carboxylic acids is 1. The smallest absolute Gasteiger partial charge is 0.331 e. The normalized spacial score (nSPS) is 21.6. The van der Waals surface area contributed by atoms with E-state index in [1.807, 2.05) is 7.05 Å². The van der Waals surface area contributed by atoms with Gasteiger partial charge in [-0.1, -0.05) is 0 Å². The topological polar surface area (TPSA) is 76.8 Å². The van der Waals surface area contributed by atoms with E-state index in [1.165, 1.54) is 23.9 Å². The van der Waals surface area contributed by atoms with Crippen molar-refractivity contribution >= 4 is 5.91 Å². The Kier molecular flexibility index (Phi) is 5.38. The summed E-state index contributed by atoms with van der Waals surface area (Å²) in [5.41, 5.74) is -0.873. The monoisotopic (exact) mass is 324 g/mol. The summed E-state index contributed by atoms with van der Waals surface area (Å²) in [4.78, 5) is 39.5. The first-order valence-electron chi connectivity index (χ1n) is 7.57. The molecule has 23 heavy (non-hydrogen) atoms. The second-order valence-electron chi connectivity index (χ2n) is 6.08. The first kappa shape index (κ1) is 17.4. The first-order valence-corrected chi connectivity index (χ1v) is 7.57. The fraction of sp³-hybridized carbons (Fsp3) is 0.667. The number of aromatic nitrogens is 2. The van der Waals surface area contributed by atoms with Gasteiger partial charge in [-0.05, 0) is 13.5 Å². The predicted molar refractivity (Wildman–Crippen MR) is 85.4 cm³/mol. The molecule has 0 bridgehead atoms. The number of likely N-dealkylation sites (tertiary alicyclic amines) is 1. The summed E-state index contributed by atoms with van der Waals surface area (Å²) in [7, 11) is 6.83. The summed E-state index contributed by atoms with van der Waals surface area (Å²) in [6.45, 7) is 1.35. The second-order valence-corrected chi connectivity index (χ2v) is 6.08. The fourth-order valence-corrected chi connectivity index (χ4v) is 2.83. The third kappa shape index (κ3) is 3.89. The van der Waals surface area contributed by atoms with E-state index >= 15 is 0 Å². The molecule has 1 aromatic heterocycles. The zero-order valence-corrected chi connectivity index (χ0v) is 14.1. The Morgan fingerprint density at radius 3 is 2.70 bits per heavy atom. The summed E-state index contributed by atoms with van der Waals surface area (Å²) in [6, 6.07) is 1.52. The summed E-state index contributed by atoms with van der Waals surface area (Å²) >= 11 is 0. The van der Waals surface area contributed by atoms with Crippen LogP contribution in [0.25, 0.3) is 0 Å². The van der Waals surface area contributed by atoms with Gasteiger partial charge in [0.15, 0.2) is 0 Å². The van der Waals surface area contributed by atoms with Crippen molar-refractivity contribution in [3.05, 3.63) is 33.1 Å². The molecule has 1 fully saturated rings. The van der Waals surface area contributed by atoms with Crippen LogP contribution in [0.3, 0.4) is 0 Å². The minimum Gasteiger partial charge on any atom is -0.380 e. The molecule has 0 aliphatic carbocycles. The van der Waals surface area contributed by atoms with Crippen molar-refractivity contribution < 1.29 is 9.53 Å². The van der Waals surface area contributed by atoms with E-state index in [2.05, 4.69) is 4.90 Å². The Hall–Kier alpha value is -1.93. The Balaban J connectivity index is 2.00. The molecular weight excluding hydrogens is 300 g/mol. The lowest BCUT2D eigenvalue weighted by Gasteiger charge is -2.25. The molecule has 2 rings (SSSR count). The fourth-order valence-electron chi connectivity index (χ4n) is 2.83. The maximum Gasteiger partial charge on any atom is 0.331 e. The van der Waals surface area contributed by atoms with Gasteiger partial charge in [-0.3, -0.25) is 23.6 Å². The van der Waals surface area contributed by atoms with Crippen LogP contribution < -0.4 is 11.2 Å². The van der Waals surface area contributed by atoms with Gasteiger partial charge in [-0.15, -0.1) is 0 Å². The maximum absolute atomic E-state index is 12.3. The van der Waals surface area contributed by atoms with E-state index in [0.29, 0.717) is 6.54 Å². The van der Waals surface area contributed by atoms with E-state index in [0.717, 1.165) is 17.5 Å². The van der Waals surface area contributed by atoms with Gasteiger partial charge in [0, 0.05) is 52.6 Å². The number of hydrogen-bond acceptors (Lipinski definition) is 5. The maximum atomic E-state index is 12.3. The van der Waals surface area contributed by atoms with Crippen LogP contribution in [0, 0.1) is 0 Å². The Labute approximate surface area is 134 Å². The molecule has 2 heterocycles. The van der Waals surface area contributed by atoms with Crippen LogP contribution in [0.5, 0.6) is 0 Å². The summed E-state index contributed by atoms with van der Waals surface area (Å²) < 4.78 is 7.60. The second kappa shape index (κ2) is 7.10. The van der Waals surface area contributed by atoms with Gasteiger partial charge in [-0.25, -0.2) is 4.79 Å². The summed E-state index contributed by atoms with van der Waals surface area (Å²) in [5.74, 6) is -0.167. The number of nitrogens with zero attached hydrogens (tertiary/aromatic N) is 4. The average Bonchev–Trinajstić information content (AvgIpc) is 2.88. The molecule has 2 atom stereocenters. The number of carbonyl (C=O) groups is 1. The number of hydrogen-bond donors (Lipinski definition) is 0. The van der Waals surface area contributed by atoms with Crippen molar-refractivity contribution in [2.24, 2.45) is 7.05 Å². The minimum absolute atomic E-state index is 0.0758. The van der Waals surface area contributed by atoms with E-state index < -0.39 is 5.69 Å². The molecule has 0 saturated carbocycles. The molecule has 1 aliphatic heterocycles. The highest BCUT2D eigenvalue weighted by molar-refractivity contribution is 5.75. The van der Waals surface area contributed by atoms with Crippen molar-refractivity contribution in [3.8, 4) is 0 Å².